The Morgan fingerprint density at radius 1 is 1.38 bits per heavy atom. The second kappa shape index (κ2) is 6.85. The Morgan fingerprint density at radius 3 is 2.62 bits per heavy atom. The number of aromatic nitrogens is 2. The monoisotopic (exact) mass is 427 g/mol. The Hall–Kier alpha value is -2.91. The molecule has 2 N–H and O–H groups in total. The number of nitrogens with zero attached hydrogens (tertiary/aromatic N) is 3. The van der Waals surface area contributed by atoms with Crippen LogP contribution < -0.4 is 10.0 Å². The number of amides is 1. The zero-order chi connectivity index (χ0) is 21.6. The minimum atomic E-state index is -4.49. The van der Waals surface area contributed by atoms with Gasteiger partial charge in [0.25, 0.3) is 11.8 Å². The van der Waals surface area contributed by atoms with E-state index in [1.807, 2.05) is 0 Å². The third-order valence-electron chi connectivity index (χ3n) is 4.40. The van der Waals surface area contributed by atoms with Gasteiger partial charge in [-0.3, -0.25) is 4.79 Å². The minimum Gasteiger partial charge on any atom is -0.343 e. The van der Waals surface area contributed by atoms with Gasteiger partial charge in [-0.25, -0.2) is 31.3 Å². The summed E-state index contributed by atoms with van der Waals surface area (Å²) in [6, 6.07) is 4.41. The molecule has 1 aliphatic rings. The van der Waals surface area contributed by atoms with Gasteiger partial charge in [-0.2, -0.15) is 5.26 Å². The van der Waals surface area contributed by atoms with Gasteiger partial charge in [-0.05, 0) is 19.1 Å². The van der Waals surface area contributed by atoms with Crippen LogP contribution in [0.5, 0.6) is 0 Å². The first-order valence-electron chi connectivity index (χ1n) is 8.30. The van der Waals surface area contributed by atoms with Crippen LogP contribution in [0.4, 0.5) is 18.9 Å². The highest BCUT2D eigenvalue weighted by atomic mass is 32.2. The van der Waals surface area contributed by atoms with Crippen molar-refractivity contribution in [1.29, 1.82) is 5.26 Å². The lowest BCUT2D eigenvalue weighted by atomic mass is 9.76. The highest BCUT2D eigenvalue weighted by Crippen LogP contribution is 2.46. The first-order valence-corrected chi connectivity index (χ1v) is 9.78. The van der Waals surface area contributed by atoms with E-state index in [1.165, 1.54) is 32.3 Å². The number of aryl methyl sites for hydroxylation is 1. The van der Waals surface area contributed by atoms with E-state index < -0.39 is 56.6 Å². The van der Waals surface area contributed by atoms with Crippen molar-refractivity contribution < 1.29 is 26.4 Å². The molecule has 1 fully saturated rings. The van der Waals surface area contributed by atoms with Crippen molar-refractivity contribution in [3.63, 3.8) is 0 Å². The predicted molar refractivity (Wildman–Crippen MR) is 95.2 cm³/mol. The second-order valence-corrected chi connectivity index (χ2v) is 8.79. The number of nitriles is 1. The number of carbonyl (C=O) groups excluding carboxylic acids is 1. The molecule has 2 aromatic rings. The lowest BCUT2D eigenvalue weighted by molar-refractivity contribution is -0.121. The molecule has 0 aliphatic heterocycles. The van der Waals surface area contributed by atoms with Crippen molar-refractivity contribution in [3.8, 4) is 6.07 Å². The summed E-state index contributed by atoms with van der Waals surface area (Å²) in [5.41, 5.74) is -1.80. The third kappa shape index (κ3) is 4.10. The average Bonchev–Trinajstić information content (AvgIpc) is 2.87. The van der Waals surface area contributed by atoms with E-state index in [9.17, 15) is 26.4 Å². The number of rotatable bonds is 5. The number of alkyl halides is 2. The van der Waals surface area contributed by atoms with E-state index in [0.717, 1.165) is 10.8 Å². The highest BCUT2D eigenvalue weighted by Gasteiger charge is 2.55. The zero-order valence-electron chi connectivity index (χ0n) is 15.3. The summed E-state index contributed by atoms with van der Waals surface area (Å²) in [7, 11) is -3.22. The van der Waals surface area contributed by atoms with E-state index in [2.05, 4.69) is 15.0 Å². The Morgan fingerprint density at radius 2 is 2.03 bits per heavy atom. The summed E-state index contributed by atoms with van der Waals surface area (Å²) in [6.45, 7) is 1.30. The molecule has 2 aromatic heterocycles. The predicted octanol–water partition coefficient (Wildman–Crippen LogP) is 2.15. The molecule has 8 nitrogen and oxygen atoms in total. The fourth-order valence-electron chi connectivity index (χ4n) is 3.32. The minimum absolute atomic E-state index is 0.0214. The average molecular weight is 427 g/mol. The molecule has 29 heavy (non-hydrogen) atoms. The smallest absolute Gasteiger partial charge is 0.275 e. The first kappa shape index (κ1) is 20.8. The van der Waals surface area contributed by atoms with E-state index in [1.54, 1.807) is 6.07 Å². The lowest BCUT2D eigenvalue weighted by Gasteiger charge is -2.44. The molecule has 0 atom stereocenters. The van der Waals surface area contributed by atoms with Crippen LogP contribution in [0.15, 0.2) is 29.4 Å². The number of carbonyl (C=O) groups is 1. The lowest BCUT2D eigenvalue weighted by Crippen LogP contribution is -2.60. The van der Waals surface area contributed by atoms with Gasteiger partial charge in [0.05, 0.1) is 0 Å². The summed E-state index contributed by atoms with van der Waals surface area (Å²) in [6.07, 6.45) is 0.749. The number of anilines is 1. The van der Waals surface area contributed by atoms with Crippen LogP contribution in [0.25, 0.3) is 0 Å². The van der Waals surface area contributed by atoms with E-state index in [-0.39, 0.29) is 11.4 Å². The van der Waals surface area contributed by atoms with Gasteiger partial charge in [-0.15, -0.1) is 0 Å². The Balaban J connectivity index is 1.86. The molecule has 3 rings (SSSR count). The maximum absolute atomic E-state index is 14.8. The number of sulfonamides is 1. The number of hydrogen-bond acceptors (Lipinski definition) is 5. The molecular weight excluding hydrogens is 411 g/mol. The SMILES string of the molecule is Cn1cc(S(=O)(=O)NC2(C)CC(F)(F)C2)c(F)c1C(=O)Nc1ccnc(C#N)c1. The molecule has 0 aromatic carbocycles. The van der Waals surface area contributed by atoms with Crippen molar-refractivity contribution in [2.75, 3.05) is 5.32 Å². The third-order valence-corrected chi connectivity index (χ3v) is 6.03. The van der Waals surface area contributed by atoms with Crippen molar-refractivity contribution in [2.24, 2.45) is 7.05 Å². The Bertz CT molecular complexity index is 1130. The van der Waals surface area contributed by atoms with Crippen molar-refractivity contribution >= 4 is 21.6 Å². The molecule has 1 amide bonds. The van der Waals surface area contributed by atoms with Crippen LogP contribution in [0.1, 0.15) is 35.9 Å². The summed E-state index contributed by atoms with van der Waals surface area (Å²) < 4.78 is 69.2. The number of pyridine rings is 1. The number of hydrogen-bond donors (Lipinski definition) is 2. The van der Waals surface area contributed by atoms with Crippen molar-refractivity contribution in [2.45, 2.75) is 36.1 Å². The molecule has 0 unspecified atom stereocenters. The van der Waals surface area contributed by atoms with Crippen LogP contribution in [-0.2, 0) is 17.1 Å². The molecule has 0 bridgehead atoms. The fraction of sp³-hybridized carbons (Fsp3) is 0.353. The van der Waals surface area contributed by atoms with E-state index >= 15 is 0 Å². The molecular formula is C17H16F3N5O3S. The summed E-state index contributed by atoms with van der Waals surface area (Å²) in [4.78, 5) is 15.4. The topological polar surface area (TPSA) is 117 Å². The van der Waals surface area contributed by atoms with Gasteiger partial charge in [0.1, 0.15) is 22.4 Å². The standard InChI is InChI=1S/C17H16F3N5O3S/c1-16(8-17(19,20)9-16)24-29(27,28)12-7-25(2)14(13(12)18)15(26)23-10-3-4-22-11(5-10)6-21/h3-5,7,24H,8-9H2,1-2H3,(H,22,23,26). The summed E-state index contributed by atoms with van der Waals surface area (Å²) in [5.74, 6) is -5.26. The Labute approximate surface area is 164 Å². The van der Waals surface area contributed by atoms with Crippen LogP contribution in [0.2, 0.25) is 0 Å². The maximum Gasteiger partial charge on any atom is 0.275 e. The number of halogens is 3. The molecule has 0 saturated heterocycles. The quantitative estimate of drug-likeness (QED) is 0.758. The van der Waals surface area contributed by atoms with Crippen molar-refractivity contribution in [3.05, 3.63) is 41.7 Å². The molecule has 0 spiro atoms. The molecule has 1 aliphatic carbocycles. The first-order chi connectivity index (χ1) is 13.4. The van der Waals surface area contributed by atoms with Gasteiger partial charge >= 0.3 is 0 Å². The van der Waals surface area contributed by atoms with Gasteiger partial charge in [0, 0.05) is 43.5 Å². The molecule has 0 radical (unpaired) electrons. The van der Waals surface area contributed by atoms with Crippen LogP contribution >= 0.6 is 0 Å². The molecule has 1 saturated carbocycles. The van der Waals surface area contributed by atoms with E-state index in [0.29, 0.717) is 0 Å². The van der Waals surface area contributed by atoms with Gasteiger partial charge < -0.3 is 9.88 Å². The van der Waals surface area contributed by atoms with Gasteiger partial charge in [0.15, 0.2) is 5.82 Å². The second-order valence-electron chi connectivity index (χ2n) is 7.14. The largest absolute Gasteiger partial charge is 0.343 e. The normalized spacial score (nSPS) is 17.2. The van der Waals surface area contributed by atoms with Crippen LogP contribution in [0.3, 0.4) is 0 Å². The van der Waals surface area contributed by atoms with Gasteiger partial charge in [-0.1, -0.05) is 0 Å². The summed E-state index contributed by atoms with van der Waals surface area (Å²) >= 11 is 0. The van der Waals surface area contributed by atoms with Gasteiger partial charge in [0.2, 0.25) is 10.0 Å². The zero-order valence-corrected chi connectivity index (χ0v) is 16.1. The van der Waals surface area contributed by atoms with Crippen LogP contribution in [0, 0.1) is 17.1 Å². The molecule has 2 heterocycles. The maximum atomic E-state index is 14.8. The Kier molecular flexibility index (Phi) is 4.92. The summed E-state index contributed by atoms with van der Waals surface area (Å²) in [5, 5.41) is 11.2. The molecule has 154 valence electrons. The molecule has 12 heteroatoms. The van der Waals surface area contributed by atoms with Crippen LogP contribution in [-0.4, -0.2) is 35.3 Å². The fourth-order valence-corrected chi connectivity index (χ4v) is 4.85. The number of nitrogens with one attached hydrogen (secondary N) is 2. The van der Waals surface area contributed by atoms with E-state index in [4.69, 9.17) is 5.26 Å². The highest BCUT2D eigenvalue weighted by molar-refractivity contribution is 7.89. The van der Waals surface area contributed by atoms with Crippen molar-refractivity contribution in [1.82, 2.24) is 14.3 Å².